The predicted octanol–water partition coefficient (Wildman–Crippen LogP) is 5.46. The first-order chi connectivity index (χ1) is 10.3. The van der Waals surface area contributed by atoms with Crippen LogP contribution in [0.25, 0.3) is 0 Å². The number of carbonyl (C=O) groups is 1. The lowest BCUT2D eigenvalue weighted by Crippen LogP contribution is -2.46. The molecule has 0 saturated heterocycles. The van der Waals surface area contributed by atoms with Crippen LogP contribution in [0, 0.1) is 28.6 Å². The molecule has 0 aromatic carbocycles. The molecule has 0 radical (unpaired) electrons. The zero-order valence-corrected chi connectivity index (χ0v) is 14.7. The van der Waals surface area contributed by atoms with Crippen molar-refractivity contribution < 1.29 is 4.79 Å². The molecule has 4 aliphatic carbocycles. The van der Waals surface area contributed by atoms with Gasteiger partial charge in [0.05, 0.1) is 0 Å². The fraction of sp³-hybridized carbons (Fsp3) is 0.762. The summed E-state index contributed by atoms with van der Waals surface area (Å²) in [5, 5.41) is 0. The Labute approximate surface area is 135 Å². The minimum absolute atomic E-state index is 0.355. The number of rotatable bonds is 0. The number of fused-ring (bicyclic) bond motifs is 4. The minimum Gasteiger partial charge on any atom is -0.295 e. The molecular formula is C21H30O. The first-order valence-corrected chi connectivity index (χ1v) is 9.30. The highest BCUT2D eigenvalue weighted by atomic mass is 16.1. The number of allylic oxidation sites excluding steroid dienone is 4. The Kier molecular flexibility index (Phi) is 3.07. The maximum Gasteiger partial charge on any atom is 0.156 e. The van der Waals surface area contributed by atoms with Crippen LogP contribution in [0.15, 0.2) is 22.8 Å². The van der Waals surface area contributed by atoms with E-state index in [2.05, 4.69) is 27.7 Å². The third kappa shape index (κ3) is 1.80. The summed E-state index contributed by atoms with van der Waals surface area (Å²) in [6.07, 6.45) is 10.3. The number of hydrogen-bond acceptors (Lipinski definition) is 1. The summed E-state index contributed by atoms with van der Waals surface area (Å²) in [6, 6.07) is 0. The molecule has 4 aliphatic rings. The smallest absolute Gasteiger partial charge is 0.156 e. The maximum atomic E-state index is 11.8. The molecule has 0 aliphatic heterocycles. The SMILES string of the molecule is C[C@H]1C[C@@]2(C)C(CCC2(C)C)C2CCC3=CC(=O)CCC3=C21. The molecule has 0 amide bonds. The summed E-state index contributed by atoms with van der Waals surface area (Å²) in [7, 11) is 0. The average molecular weight is 298 g/mol. The lowest BCUT2D eigenvalue weighted by Gasteiger charge is -2.54. The molecule has 1 nitrogen and oxygen atoms in total. The van der Waals surface area contributed by atoms with Gasteiger partial charge in [-0.3, -0.25) is 4.79 Å². The van der Waals surface area contributed by atoms with Crippen molar-refractivity contribution >= 4 is 5.78 Å². The summed E-state index contributed by atoms with van der Waals surface area (Å²) < 4.78 is 0. The molecule has 2 fully saturated rings. The maximum absolute atomic E-state index is 11.8. The Bertz CT molecular complexity index is 591. The van der Waals surface area contributed by atoms with Crippen LogP contribution >= 0.6 is 0 Å². The first kappa shape index (κ1) is 14.7. The highest BCUT2D eigenvalue weighted by molar-refractivity contribution is 5.93. The monoisotopic (exact) mass is 298 g/mol. The Morgan fingerprint density at radius 1 is 1.09 bits per heavy atom. The lowest BCUT2D eigenvalue weighted by atomic mass is 9.50. The Hall–Kier alpha value is -0.850. The Balaban J connectivity index is 1.80. The zero-order valence-electron chi connectivity index (χ0n) is 14.7. The van der Waals surface area contributed by atoms with Crippen LogP contribution in [-0.4, -0.2) is 5.78 Å². The minimum atomic E-state index is 0.355. The quantitative estimate of drug-likeness (QED) is 0.580. The van der Waals surface area contributed by atoms with Crippen LogP contribution in [0.2, 0.25) is 0 Å². The van der Waals surface area contributed by atoms with Gasteiger partial charge in [-0.1, -0.05) is 33.3 Å². The molecule has 0 heterocycles. The van der Waals surface area contributed by atoms with Gasteiger partial charge in [-0.15, -0.1) is 0 Å². The second-order valence-corrected chi connectivity index (χ2v) is 9.27. The van der Waals surface area contributed by atoms with E-state index in [1.165, 1.54) is 31.3 Å². The third-order valence-corrected chi connectivity index (χ3v) is 8.01. The molecule has 0 aromatic heterocycles. The van der Waals surface area contributed by atoms with Crippen molar-refractivity contribution in [2.24, 2.45) is 28.6 Å². The first-order valence-electron chi connectivity index (χ1n) is 9.30. The molecule has 4 rings (SSSR count). The number of hydrogen-bond donors (Lipinski definition) is 0. The fourth-order valence-electron chi connectivity index (χ4n) is 6.53. The molecule has 0 spiro atoms. The normalized spacial score (nSPS) is 43.4. The van der Waals surface area contributed by atoms with E-state index < -0.39 is 0 Å². The van der Waals surface area contributed by atoms with Gasteiger partial charge in [-0.2, -0.15) is 0 Å². The van der Waals surface area contributed by atoms with E-state index in [1.54, 1.807) is 11.1 Å². The van der Waals surface area contributed by atoms with E-state index in [1.807, 2.05) is 6.08 Å². The molecule has 2 unspecified atom stereocenters. The third-order valence-electron chi connectivity index (χ3n) is 8.01. The van der Waals surface area contributed by atoms with Crippen LogP contribution in [0.3, 0.4) is 0 Å². The van der Waals surface area contributed by atoms with E-state index >= 15 is 0 Å². The van der Waals surface area contributed by atoms with Crippen LogP contribution in [0.5, 0.6) is 0 Å². The van der Waals surface area contributed by atoms with Gasteiger partial charge < -0.3 is 0 Å². The second-order valence-electron chi connectivity index (χ2n) is 9.27. The molecular weight excluding hydrogens is 268 g/mol. The summed E-state index contributed by atoms with van der Waals surface area (Å²) in [5.74, 6) is 2.74. The van der Waals surface area contributed by atoms with E-state index in [9.17, 15) is 4.79 Å². The van der Waals surface area contributed by atoms with Gasteiger partial charge >= 0.3 is 0 Å². The Morgan fingerprint density at radius 3 is 2.64 bits per heavy atom. The molecule has 0 bridgehead atoms. The van der Waals surface area contributed by atoms with Gasteiger partial charge in [0.15, 0.2) is 5.78 Å². The van der Waals surface area contributed by atoms with E-state index in [-0.39, 0.29) is 0 Å². The second kappa shape index (κ2) is 4.58. The highest BCUT2D eigenvalue weighted by Gasteiger charge is 2.58. The molecule has 1 heteroatoms. The number of ketones is 1. The van der Waals surface area contributed by atoms with Crippen LogP contribution in [0.1, 0.15) is 72.6 Å². The van der Waals surface area contributed by atoms with Crippen molar-refractivity contribution in [1.29, 1.82) is 0 Å². The fourth-order valence-corrected chi connectivity index (χ4v) is 6.53. The van der Waals surface area contributed by atoms with Crippen molar-refractivity contribution in [3.63, 3.8) is 0 Å². The topological polar surface area (TPSA) is 17.1 Å². The van der Waals surface area contributed by atoms with Crippen LogP contribution in [0.4, 0.5) is 0 Å². The molecule has 0 N–H and O–H groups in total. The zero-order chi connectivity index (χ0) is 15.7. The van der Waals surface area contributed by atoms with Gasteiger partial charge in [-0.25, -0.2) is 0 Å². The van der Waals surface area contributed by atoms with E-state index in [0.29, 0.717) is 22.5 Å². The van der Waals surface area contributed by atoms with Crippen molar-refractivity contribution in [1.82, 2.24) is 0 Å². The molecule has 120 valence electrons. The van der Waals surface area contributed by atoms with Gasteiger partial charge in [0.2, 0.25) is 0 Å². The predicted molar refractivity (Wildman–Crippen MR) is 90.5 cm³/mol. The van der Waals surface area contributed by atoms with Crippen LogP contribution in [-0.2, 0) is 4.79 Å². The summed E-state index contributed by atoms with van der Waals surface area (Å²) >= 11 is 0. The van der Waals surface area contributed by atoms with Gasteiger partial charge in [0, 0.05) is 6.42 Å². The highest BCUT2D eigenvalue weighted by Crippen LogP contribution is 2.67. The lowest BCUT2D eigenvalue weighted by molar-refractivity contribution is -0.114. The number of carbonyl (C=O) groups excluding carboxylic acids is 1. The molecule has 0 aromatic rings. The van der Waals surface area contributed by atoms with Gasteiger partial charge in [0.25, 0.3) is 0 Å². The van der Waals surface area contributed by atoms with Crippen molar-refractivity contribution in [3.05, 3.63) is 22.8 Å². The van der Waals surface area contributed by atoms with Crippen molar-refractivity contribution in [2.45, 2.75) is 72.6 Å². The summed E-state index contributed by atoms with van der Waals surface area (Å²) in [6.45, 7) is 10.1. The summed E-state index contributed by atoms with van der Waals surface area (Å²) in [5.41, 5.74) is 5.77. The van der Waals surface area contributed by atoms with Gasteiger partial charge in [0.1, 0.15) is 0 Å². The van der Waals surface area contributed by atoms with Crippen molar-refractivity contribution in [2.75, 3.05) is 0 Å². The standard InChI is InChI=1S/C21H30O/c1-13-12-21(4)18(9-10-20(21,2)3)17-7-5-14-11-15(22)6-8-16(14)19(13)17/h11,13,17-18H,5-10,12H2,1-4H3/t13-,17?,18?,21-/m0/s1. The van der Waals surface area contributed by atoms with Gasteiger partial charge in [-0.05, 0) is 84.3 Å². The molecule has 2 saturated carbocycles. The largest absolute Gasteiger partial charge is 0.295 e. The molecule has 22 heavy (non-hydrogen) atoms. The average Bonchev–Trinajstić information content (AvgIpc) is 2.68. The molecule has 4 atom stereocenters. The van der Waals surface area contributed by atoms with Crippen molar-refractivity contribution in [3.8, 4) is 0 Å². The Morgan fingerprint density at radius 2 is 1.86 bits per heavy atom. The summed E-state index contributed by atoms with van der Waals surface area (Å²) in [4.78, 5) is 11.8. The van der Waals surface area contributed by atoms with Crippen LogP contribution < -0.4 is 0 Å². The van der Waals surface area contributed by atoms with E-state index in [4.69, 9.17) is 0 Å². The van der Waals surface area contributed by atoms with E-state index in [0.717, 1.165) is 31.1 Å².